The second kappa shape index (κ2) is 7.43. The van der Waals surface area contributed by atoms with E-state index in [0.29, 0.717) is 17.7 Å². The molecule has 2 aromatic carbocycles. The first-order chi connectivity index (χ1) is 12.1. The van der Waals surface area contributed by atoms with Gasteiger partial charge in [0.15, 0.2) is 0 Å². The molecule has 0 aliphatic heterocycles. The standard InChI is InChI=1S/C21H13F2NS/c1-2-3-14-4-6-16(18(10-14)17-8-9-17)7-5-15-11-19(22)21(25-13-24)20(23)12-15/h4,6,10-12,17H,8-9H2,1H3. The molecule has 0 spiro atoms. The van der Waals surface area contributed by atoms with Gasteiger partial charge < -0.3 is 0 Å². The van der Waals surface area contributed by atoms with Crippen LogP contribution < -0.4 is 0 Å². The van der Waals surface area contributed by atoms with E-state index in [1.54, 1.807) is 12.3 Å². The number of thiocyanates is 1. The van der Waals surface area contributed by atoms with Gasteiger partial charge in [0.05, 0.1) is 4.90 Å². The molecule has 0 bridgehead atoms. The van der Waals surface area contributed by atoms with Gasteiger partial charge in [0.1, 0.15) is 17.0 Å². The van der Waals surface area contributed by atoms with E-state index in [1.165, 1.54) is 0 Å². The zero-order chi connectivity index (χ0) is 17.8. The van der Waals surface area contributed by atoms with Gasteiger partial charge in [-0.15, -0.1) is 5.92 Å². The molecule has 1 aliphatic rings. The lowest BCUT2D eigenvalue weighted by Crippen LogP contribution is -1.91. The van der Waals surface area contributed by atoms with Crippen molar-refractivity contribution < 1.29 is 8.78 Å². The van der Waals surface area contributed by atoms with Crippen LogP contribution in [0.25, 0.3) is 0 Å². The zero-order valence-electron chi connectivity index (χ0n) is 13.5. The second-order valence-electron chi connectivity index (χ2n) is 5.66. The van der Waals surface area contributed by atoms with Crippen LogP contribution in [0.15, 0.2) is 35.2 Å². The van der Waals surface area contributed by atoms with Crippen LogP contribution in [0.1, 0.15) is 47.9 Å². The summed E-state index contributed by atoms with van der Waals surface area (Å²) in [6.45, 7) is 1.79. The minimum Gasteiger partial charge on any atom is -0.206 e. The number of hydrogen-bond acceptors (Lipinski definition) is 2. The van der Waals surface area contributed by atoms with E-state index in [-0.39, 0.29) is 10.5 Å². The maximum Gasteiger partial charge on any atom is 0.142 e. The van der Waals surface area contributed by atoms with Crippen molar-refractivity contribution in [2.45, 2.75) is 30.6 Å². The number of nitrogens with zero attached hydrogens (tertiary/aromatic N) is 1. The molecule has 1 nitrogen and oxygen atoms in total. The molecular weight excluding hydrogens is 336 g/mol. The van der Waals surface area contributed by atoms with Gasteiger partial charge in [-0.05, 0) is 73.3 Å². The van der Waals surface area contributed by atoms with Crippen molar-refractivity contribution in [3.05, 3.63) is 64.2 Å². The van der Waals surface area contributed by atoms with Crippen molar-refractivity contribution in [1.82, 2.24) is 0 Å². The number of rotatable bonds is 2. The van der Waals surface area contributed by atoms with E-state index >= 15 is 0 Å². The van der Waals surface area contributed by atoms with Crippen molar-refractivity contribution >= 4 is 11.8 Å². The second-order valence-corrected chi connectivity index (χ2v) is 6.46. The van der Waals surface area contributed by atoms with Crippen LogP contribution in [0, 0.1) is 46.0 Å². The Labute approximate surface area is 150 Å². The van der Waals surface area contributed by atoms with Gasteiger partial charge >= 0.3 is 0 Å². The smallest absolute Gasteiger partial charge is 0.142 e. The Hall–Kier alpha value is -2.74. The summed E-state index contributed by atoms with van der Waals surface area (Å²) in [6.07, 6.45) is 2.25. The van der Waals surface area contributed by atoms with E-state index in [4.69, 9.17) is 5.26 Å². The van der Waals surface area contributed by atoms with Gasteiger partial charge in [0.2, 0.25) is 0 Å². The third kappa shape index (κ3) is 4.03. The van der Waals surface area contributed by atoms with Gasteiger partial charge in [0, 0.05) is 16.7 Å². The molecule has 2 aromatic rings. The molecule has 3 rings (SSSR count). The third-order valence-electron chi connectivity index (χ3n) is 3.83. The maximum atomic E-state index is 13.9. The average Bonchev–Trinajstić information content (AvgIpc) is 3.42. The summed E-state index contributed by atoms with van der Waals surface area (Å²) >= 11 is 0.467. The van der Waals surface area contributed by atoms with Crippen molar-refractivity contribution in [3.8, 4) is 29.1 Å². The van der Waals surface area contributed by atoms with Crippen LogP contribution >= 0.6 is 11.8 Å². The van der Waals surface area contributed by atoms with Crippen molar-refractivity contribution in [3.63, 3.8) is 0 Å². The molecule has 0 saturated heterocycles. The topological polar surface area (TPSA) is 23.8 Å². The Kier molecular flexibility index (Phi) is 5.08. The highest BCUT2D eigenvalue weighted by Gasteiger charge is 2.25. The van der Waals surface area contributed by atoms with Gasteiger partial charge in [-0.3, -0.25) is 0 Å². The Balaban J connectivity index is 1.96. The normalized spacial score (nSPS) is 12.4. The van der Waals surface area contributed by atoms with E-state index in [1.807, 2.05) is 18.2 Å². The van der Waals surface area contributed by atoms with Crippen LogP contribution in [0.2, 0.25) is 0 Å². The van der Waals surface area contributed by atoms with Crippen molar-refractivity contribution in [2.75, 3.05) is 0 Å². The number of thioether (sulfide) groups is 1. The van der Waals surface area contributed by atoms with Crippen molar-refractivity contribution in [1.29, 1.82) is 5.26 Å². The first kappa shape index (κ1) is 17.1. The molecule has 0 N–H and O–H groups in total. The first-order valence-corrected chi connectivity index (χ1v) is 8.57. The Morgan fingerprint density at radius 3 is 2.32 bits per heavy atom. The quantitative estimate of drug-likeness (QED) is 0.423. The van der Waals surface area contributed by atoms with Crippen LogP contribution in [0.4, 0.5) is 8.78 Å². The van der Waals surface area contributed by atoms with E-state index in [9.17, 15) is 8.78 Å². The fourth-order valence-corrected chi connectivity index (χ4v) is 2.95. The first-order valence-electron chi connectivity index (χ1n) is 7.76. The predicted molar refractivity (Wildman–Crippen MR) is 94.8 cm³/mol. The number of nitriles is 1. The average molecular weight is 349 g/mol. The van der Waals surface area contributed by atoms with Crippen LogP contribution in [0.3, 0.4) is 0 Å². The molecule has 4 heteroatoms. The molecule has 1 fully saturated rings. The number of hydrogen-bond donors (Lipinski definition) is 0. The summed E-state index contributed by atoms with van der Waals surface area (Å²) < 4.78 is 27.8. The maximum absolute atomic E-state index is 13.9. The van der Waals surface area contributed by atoms with Crippen LogP contribution in [-0.4, -0.2) is 0 Å². The summed E-state index contributed by atoms with van der Waals surface area (Å²) in [5, 5.41) is 10.3. The predicted octanol–water partition coefficient (Wildman–Crippen LogP) is 5.19. The molecule has 0 heterocycles. The molecule has 122 valence electrons. The number of benzene rings is 2. The Bertz CT molecular complexity index is 970. The highest BCUT2D eigenvalue weighted by molar-refractivity contribution is 8.03. The largest absolute Gasteiger partial charge is 0.206 e. The SMILES string of the molecule is CC#Cc1ccc(C#Cc2cc(F)c(SC#N)c(F)c2)c(C2CC2)c1. The fourth-order valence-electron chi connectivity index (χ4n) is 2.55. The molecular formula is C21H13F2NS. The van der Waals surface area contributed by atoms with Gasteiger partial charge in [-0.1, -0.05) is 17.8 Å². The highest BCUT2D eigenvalue weighted by atomic mass is 32.2. The summed E-state index contributed by atoms with van der Waals surface area (Å²) in [5.41, 5.74) is 3.20. The molecule has 0 radical (unpaired) electrons. The van der Waals surface area contributed by atoms with Gasteiger partial charge in [-0.2, -0.15) is 5.26 Å². The fraction of sp³-hybridized carbons (Fsp3) is 0.190. The van der Waals surface area contributed by atoms with E-state index in [0.717, 1.165) is 41.7 Å². The molecule has 1 aliphatic carbocycles. The molecule has 25 heavy (non-hydrogen) atoms. The van der Waals surface area contributed by atoms with E-state index < -0.39 is 11.6 Å². The lowest BCUT2D eigenvalue weighted by molar-refractivity contribution is 0.540. The summed E-state index contributed by atoms with van der Waals surface area (Å²) in [7, 11) is 0. The van der Waals surface area contributed by atoms with Crippen LogP contribution in [0.5, 0.6) is 0 Å². The van der Waals surface area contributed by atoms with Crippen LogP contribution in [-0.2, 0) is 0 Å². The lowest BCUT2D eigenvalue weighted by atomic mass is 10.00. The van der Waals surface area contributed by atoms with Gasteiger partial charge in [0.25, 0.3) is 0 Å². The minimum absolute atomic E-state index is 0.247. The monoisotopic (exact) mass is 349 g/mol. The van der Waals surface area contributed by atoms with Crippen molar-refractivity contribution in [2.24, 2.45) is 0 Å². The van der Waals surface area contributed by atoms with E-state index in [2.05, 4.69) is 23.7 Å². The highest BCUT2D eigenvalue weighted by Crippen LogP contribution is 2.41. The third-order valence-corrected chi connectivity index (χ3v) is 4.51. The number of halogens is 2. The summed E-state index contributed by atoms with van der Waals surface area (Å²) in [5.74, 6) is 10.7. The summed E-state index contributed by atoms with van der Waals surface area (Å²) in [6, 6.07) is 8.17. The zero-order valence-corrected chi connectivity index (χ0v) is 14.3. The molecule has 0 unspecified atom stereocenters. The molecule has 0 amide bonds. The molecule has 0 atom stereocenters. The Morgan fingerprint density at radius 2 is 1.72 bits per heavy atom. The van der Waals surface area contributed by atoms with Gasteiger partial charge in [-0.25, -0.2) is 8.78 Å². The minimum atomic E-state index is -0.771. The molecule has 1 saturated carbocycles. The summed E-state index contributed by atoms with van der Waals surface area (Å²) in [4.78, 5) is -0.297. The lowest BCUT2D eigenvalue weighted by Gasteiger charge is -2.04. The Morgan fingerprint density at radius 1 is 1.00 bits per heavy atom. The molecule has 0 aromatic heterocycles.